The smallest absolute Gasteiger partial charge is 0.249 e. The quantitative estimate of drug-likeness (QED) is 0.559. The summed E-state index contributed by atoms with van der Waals surface area (Å²) in [5.74, 6) is -7.11. The summed E-state index contributed by atoms with van der Waals surface area (Å²) in [4.78, 5) is 12.6. The number of carboxylic acid groups (broad SMARTS) is 1. The van der Waals surface area contributed by atoms with E-state index in [2.05, 4.69) is 4.98 Å². The molecule has 0 bridgehead atoms. The largest absolute Gasteiger partial charge is 0.545 e. The van der Waals surface area contributed by atoms with Crippen LogP contribution in [0.15, 0.2) is 6.20 Å². The van der Waals surface area contributed by atoms with Gasteiger partial charge >= 0.3 is 0 Å². The third kappa shape index (κ3) is 1.23. The van der Waals surface area contributed by atoms with Crippen LogP contribution in [0.5, 0.6) is 0 Å². The molecule has 0 aromatic carbocycles. The fourth-order valence-electron chi connectivity index (χ4n) is 0.630. The monoisotopic (exact) mass is 176 g/mol. The van der Waals surface area contributed by atoms with Crippen molar-refractivity contribution in [1.29, 1.82) is 0 Å². The molecule has 6 heteroatoms. The Kier molecular flexibility index (Phi) is 1.99. The van der Waals surface area contributed by atoms with Gasteiger partial charge in [-0.05, 0) is 0 Å². The first-order valence-electron chi connectivity index (χ1n) is 2.75. The molecule has 0 amide bonds. The zero-order valence-electron chi connectivity index (χ0n) is 5.47. The van der Waals surface area contributed by atoms with Crippen molar-refractivity contribution >= 4 is 5.97 Å². The molecule has 0 aliphatic heterocycles. The number of carboxylic acids is 1. The topological polar surface area (TPSA) is 53.0 Å². The van der Waals surface area contributed by atoms with Crippen LogP contribution in [0.1, 0.15) is 10.4 Å². The minimum atomic E-state index is -2.12. The lowest BCUT2D eigenvalue weighted by Crippen LogP contribution is -2.25. The molecule has 3 nitrogen and oxygen atoms in total. The van der Waals surface area contributed by atoms with E-state index in [1.807, 2.05) is 0 Å². The summed E-state index contributed by atoms with van der Waals surface area (Å²) in [6.45, 7) is 0. The minimum absolute atomic E-state index is 0.267. The Balaban J connectivity index is 3.43. The second-order valence-corrected chi connectivity index (χ2v) is 1.87. The molecule has 64 valence electrons. The first-order chi connectivity index (χ1) is 5.54. The molecular weight excluding hydrogens is 175 g/mol. The SMILES string of the molecule is O=C([O-])c1c(F)cnc(F)c1F. The van der Waals surface area contributed by atoms with Crippen LogP contribution in [-0.4, -0.2) is 11.0 Å². The standard InChI is InChI=1S/C6H2F3NO2/c7-2-1-10-5(9)4(8)3(2)6(11)12/h1H,(H,11,12)/p-1. The van der Waals surface area contributed by atoms with E-state index in [4.69, 9.17) is 0 Å². The third-order valence-corrected chi connectivity index (χ3v) is 1.13. The summed E-state index contributed by atoms with van der Waals surface area (Å²) >= 11 is 0. The molecule has 1 aromatic rings. The number of hydrogen-bond acceptors (Lipinski definition) is 3. The summed E-state index contributed by atoms with van der Waals surface area (Å²) in [7, 11) is 0. The number of carbonyl (C=O) groups is 1. The molecule has 0 aliphatic carbocycles. The van der Waals surface area contributed by atoms with Crippen molar-refractivity contribution in [3.63, 3.8) is 0 Å². The van der Waals surface area contributed by atoms with Gasteiger partial charge in [0, 0.05) is 0 Å². The van der Waals surface area contributed by atoms with E-state index >= 15 is 0 Å². The first-order valence-corrected chi connectivity index (χ1v) is 2.75. The predicted octanol–water partition coefficient (Wildman–Crippen LogP) is -0.138. The van der Waals surface area contributed by atoms with Crippen LogP contribution in [0.3, 0.4) is 0 Å². The van der Waals surface area contributed by atoms with Crippen molar-refractivity contribution in [2.24, 2.45) is 0 Å². The van der Waals surface area contributed by atoms with Gasteiger partial charge in [-0.15, -0.1) is 0 Å². The van der Waals surface area contributed by atoms with Crippen molar-refractivity contribution in [2.75, 3.05) is 0 Å². The second-order valence-electron chi connectivity index (χ2n) is 1.87. The number of hydrogen-bond donors (Lipinski definition) is 0. The summed E-state index contributed by atoms with van der Waals surface area (Å²) in [6.07, 6.45) is 0.267. The van der Waals surface area contributed by atoms with E-state index in [-0.39, 0.29) is 6.20 Å². The Hall–Kier alpha value is -1.59. The van der Waals surface area contributed by atoms with Gasteiger partial charge in [-0.1, -0.05) is 0 Å². The molecule has 0 spiro atoms. The van der Waals surface area contributed by atoms with Gasteiger partial charge in [0.05, 0.1) is 17.7 Å². The van der Waals surface area contributed by atoms with Gasteiger partial charge in [0.1, 0.15) is 0 Å². The molecule has 0 saturated heterocycles. The van der Waals surface area contributed by atoms with Crippen LogP contribution in [0.4, 0.5) is 13.2 Å². The fraction of sp³-hybridized carbons (Fsp3) is 0. The fourth-order valence-corrected chi connectivity index (χ4v) is 0.630. The van der Waals surface area contributed by atoms with Gasteiger partial charge in [0.15, 0.2) is 11.6 Å². The number of nitrogens with zero attached hydrogens (tertiary/aromatic N) is 1. The normalized spacial score (nSPS) is 9.92. The molecule has 1 aromatic heterocycles. The molecule has 0 aliphatic rings. The molecule has 1 rings (SSSR count). The maximum absolute atomic E-state index is 12.4. The van der Waals surface area contributed by atoms with E-state index in [0.29, 0.717) is 0 Å². The van der Waals surface area contributed by atoms with Crippen molar-refractivity contribution in [1.82, 2.24) is 4.98 Å². The first kappa shape index (κ1) is 8.51. The lowest BCUT2D eigenvalue weighted by Gasteiger charge is -2.04. The molecule has 0 N–H and O–H groups in total. The van der Waals surface area contributed by atoms with Crippen LogP contribution in [0.2, 0.25) is 0 Å². The van der Waals surface area contributed by atoms with Crippen LogP contribution < -0.4 is 5.11 Å². The van der Waals surface area contributed by atoms with Crippen LogP contribution in [-0.2, 0) is 0 Å². The van der Waals surface area contributed by atoms with Gasteiger partial charge in [-0.2, -0.15) is 4.39 Å². The molecule has 1 heterocycles. The van der Waals surface area contributed by atoms with Gasteiger partial charge in [0.2, 0.25) is 5.95 Å². The van der Waals surface area contributed by atoms with Crippen LogP contribution in [0, 0.1) is 17.6 Å². The number of pyridine rings is 1. The number of carbonyl (C=O) groups excluding carboxylic acids is 1. The van der Waals surface area contributed by atoms with E-state index in [1.165, 1.54) is 0 Å². The second kappa shape index (κ2) is 2.80. The number of rotatable bonds is 1. The van der Waals surface area contributed by atoms with Crippen molar-refractivity contribution in [2.45, 2.75) is 0 Å². The van der Waals surface area contributed by atoms with Crippen molar-refractivity contribution < 1.29 is 23.1 Å². The predicted molar refractivity (Wildman–Crippen MR) is 28.4 cm³/mol. The van der Waals surface area contributed by atoms with Crippen molar-refractivity contribution in [3.05, 3.63) is 29.3 Å². The maximum Gasteiger partial charge on any atom is 0.249 e. The highest BCUT2D eigenvalue weighted by Crippen LogP contribution is 2.11. The van der Waals surface area contributed by atoms with E-state index in [1.54, 1.807) is 0 Å². The van der Waals surface area contributed by atoms with Crippen LogP contribution in [0.25, 0.3) is 0 Å². The van der Waals surface area contributed by atoms with E-state index in [9.17, 15) is 23.1 Å². The number of aromatic nitrogens is 1. The highest BCUT2D eigenvalue weighted by Gasteiger charge is 2.15. The Morgan fingerprint density at radius 1 is 1.42 bits per heavy atom. The van der Waals surface area contributed by atoms with Crippen LogP contribution >= 0.6 is 0 Å². The molecular formula is C6HF3NO2-. The molecule has 0 radical (unpaired) electrons. The zero-order valence-corrected chi connectivity index (χ0v) is 5.47. The number of halogens is 3. The molecule has 0 fully saturated rings. The lowest BCUT2D eigenvalue weighted by molar-refractivity contribution is -0.255. The molecule has 0 atom stereocenters. The Bertz CT molecular complexity index is 340. The van der Waals surface area contributed by atoms with Gasteiger partial charge in [0.25, 0.3) is 0 Å². The van der Waals surface area contributed by atoms with E-state index in [0.717, 1.165) is 0 Å². The molecule has 12 heavy (non-hydrogen) atoms. The molecule has 0 saturated carbocycles. The Morgan fingerprint density at radius 3 is 2.42 bits per heavy atom. The van der Waals surface area contributed by atoms with Gasteiger partial charge in [-0.25, -0.2) is 13.8 Å². The molecule has 0 unspecified atom stereocenters. The summed E-state index contributed by atoms with van der Waals surface area (Å²) in [5, 5.41) is 10.0. The maximum atomic E-state index is 12.4. The lowest BCUT2D eigenvalue weighted by atomic mass is 10.2. The summed E-state index contributed by atoms with van der Waals surface area (Å²) in [6, 6.07) is 0. The van der Waals surface area contributed by atoms with Crippen molar-refractivity contribution in [3.8, 4) is 0 Å². The van der Waals surface area contributed by atoms with E-state index < -0.39 is 29.1 Å². The highest BCUT2D eigenvalue weighted by molar-refractivity contribution is 5.86. The Labute approximate surface area is 64.5 Å². The van der Waals surface area contributed by atoms with Gasteiger partial charge < -0.3 is 9.90 Å². The summed E-state index contributed by atoms with van der Waals surface area (Å²) in [5.41, 5.74) is -1.44. The highest BCUT2D eigenvalue weighted by atomic mass is 19.2. The third-order valence-electron chi connectivity index (χ3n) is 1.13. The van der Waals surface area contributed by atoms with Gasteiger partial charge in [-0.3, -0.25) is 0 Å². The average Bonchev–Trinajstić information content (AvgIpc) is 1.97. The minimum Gasteiger partial charge on any atom is -0.545 e. The summed E-state index contributed by atoms with van der Waals surface area (Å²) < 4.78 is 37.0. The Morgan fingerprint density at radius 2 is 2.00 bits per heavy atom. The average molecular weight is 176 g/mol. The zero-order chi connectivity index (χ0) is 9.30. The number of aromatic carboxylic acids is 1.